The number of para-hydroxylation sites is 1. The number of hydrogen-bond acceptors (Lipinski definition) is 6. The predicted octanol–water partition coefficient (Wildman–Crippen LogP) is 3.38. The van der Waals surface area contributed by atoms with Crippen molar-refractivity contribution in [2.45, 2.75) is 0 Å². The first-order valence-electron chi connectivity index (χ1n) is 9.17. The number of ether oxygens (including phenoxy) is 1. The van der Waals surface area contributed by atoms with Gasteiger partial charge in [0, 0.05) is 23.4 Å². The predicted molar refractivity (Wildman–Crippen MR) is 115 cm³/mol. The fraction of sp³-hybridized carbons (Fsp3) is 0.0455. The van der Waals surface area contributed by atoms with Crippen LogP contribution < -0.4 is 15.5 Å². The second-order valence-electron chi connectivity index (χ2n) is 6.28. The average molecular weight is 418 g/mol. The largest absolute Gasteiger partial charge is 0.484 e. The minimum atomic E-state index is -0.574. The van der Waals surface area contributed by atoms with E-state index in [1.54, 1.807) is 36.4 Å². The van der Waals surface area contributed by atoms with Gasteiger partial charge in [-0.3, -0.25) is 19.7 Å². The zero-order chi connectivity index (χ0) is 22.1. The van der Waals surface area contributed by atoms with Gasteiger partial charge in [-0.15, -0.1) is 0 Å². The minimum absolute atomic E-state index is 0.129. The number of carbonyl (C=O) groups excluding carboxylic acids is 2. The molecule has 0 fully saturated rings. The van der Waals surface area contributed by atoms with Crippen molar-refractivity contribution in [1.82, 2.24) is 5.43 Å². The summed E-state index contributed by atoms with van der Waals surface area (Å²) in [4.78, 5) is 34.1. The summed E-state index contributed by atoms with van der Waals surface area (Å²) in [7, 11) is 0. The molecule has 9 nitrogen and oxygen atoms in total. The standard InChI is InChI=1S/C22H18N4O5/c27-21(24-18-6-2-1-3-7-18)15-31-20-11-9-16(10-12-20)14-23-25-22(28)17-5-4-8-19(13-17)26(29)30/h1-14H,15H2,(H,24,27)(H,25,28)/b23-14+. The highest BCUT2D eigenvalue weighted by atomic mass is 16.6. The van der Waals surface area contributed by atoms with Crippen molar-refractivity contribution in [3.05, 3.63) is 100 Å². The Kier molecular flexibility index (Phi) is 7.04. The number of non-ortho nitro benzene ring substituents is 1. The Morgan fingerprint density at radius 2 is 1.74 bits per heavy atom. The van der Waals surface area contributed by atoms with Gasteiger partial charge in [0.1, 0.15) is 5.75 Å². The number of nitro benzene ring substituents is 1. The molecule has 0 aliphatic carbocycles. The van der Waals surface area contributed by atoms with Crippen LogP contribution in [-0.4, -0.2) is 29.6 Å². The molecule has 0 heterocycles. The van der Waals surface area contributed by atoms with Crippen LogP contribution in [0.15, 0.2) is 84.0 Å². The highest BCUT2D eigenvalue weighted by Crippen LogP contribution is 2.13. The van der Waals surface area contributed by atoms with E-state index in [4.69, 9.17) is 4.74 Å². The van der Waals surface area contributed by atoms with Gasteiger partial charge >= 0.3 is 0 Å². The monoisotopic (exact) mass is 418 g/mol. The normalized spacial score (nSPS) is 10.5. The molecule has 0 saturated heterocycles. The molecule has 156 valence electrons. The summed E-state index contributed by atoms with van der Waals surface area (Å²) in [6.07, 6.45) is 1.42. The summed E-state index contributed by atoms with van der Waals surface area (Å²) in [5.41, 5.74) is 3.64. The van der Waals surface area contributed by atoms with Crippen LogP contribution >= 0.6 is 0 Å². The number of nitrogens with zero attached hydrogens (tertiary/aromatic N) is 2. The van der Waals surface area contributed by atoms with Crippen LogP contribution in [0.25, 0.3) is 0 Å². The molecule has 0 atom stereocenters. The molecule has 0 saturated carbocycles. The quantitative estimate of drug-likeness (QED) is 0.330. The molecule has 3 rings (SSSR count). The van der Waals surface area contributed by atoms with Crippen molar-refractivity contribution in [2.24, 2.45) is 5.10 Å². The molecule has 9 heteroatoms. The molecule has 3 aromatic rings. The lowest BCUT2D eigenvalue weighted by Gasteiger charge is -2.07. The number of nitrogens with one attached hydrogen (secondary N) is 2. The second kappa shape index (κ2) is 10.3. The van der Waals surface area contributed by atoms with E-state index in [1.165, 1.54) is 30.5 Å². The van der Waals surface area contributed by atoms with Gasteiger partial charge in [-0.1, -0.05) is 24.3 Å². The molecular weight excluding hydrogens is 400 g/mol. The van der Waals surface area contributed by atoms with Crippen molar-refractivity contribution in [1.29, 1.82) is 0 Å². The van der Waals surface area contributed by atoms with Crippen molar-refractivity contribution >= 4 is 29.4 Å². The Hall–Kier alpha value is -4.53. The molecule has 0 aliphatic heterocycles. The zero-order valence-corrected chi connectivity index (χ0v) is 16.2. The highest BCUT2D eigenvalue weighted by Gasteiger charge is 2.10. The third-order valence-electron chi connectivity index (χ3n) is 4.01. The van der Waals surface area contributed by atoms with E-state index < -0.39 is 10.8 Å². The van der Waals surface area contributed by atoms with Gasteiger partial charge < -0.3 is 10.1 Å². The van der Waals surface area contributed by atoms with Crippen LogP contribution in [0.3, 0.4) is 0 Å². The maximum Gasteiger partial charge on any atom is 0.271 e. The van der Waals surface area contributed by atoms with Gasteiger partial charge in [-0.25, -0.2) is 5.43 Å². The average Bonchev–Trinajstić information content (AvgIpc) is 2.79. The highest BCUT2D eigenvalue weighted by molar-refractivity contribution is 5.95. The molecule has 31 heavy (non-hydrogen) atoms. The summed E-state index contributed by atoms with van der Waals surface area (Å²) in [5, 5.41) is 17.3. The SMILES string of the molecule is O=C(COc1ccc(/C=N/NC(=O)c2cccc([N+](=O)[O-])c2)cc1)Nc1ccccc1. The Morgan fingerprint density at radius 3 is 2.45 bits per heavy atom. The number of rotatable bonds is 8. The van der Waals surface area contributed by atoms with E-state index in [0.29, 0.717) is 17.0 Å². The van der Waals surface area contributed by atoms with E-state index >= 15 is 0 Å². The summed E-state index contributed by atoms with van der Waals surface area (Å²) < 4.78 is 5.44. The lowest BCUT2D eigenvalue weighted by Crippen LogP contribution is -2.20. The fourth-order valence-electron chi connectivity index (χ4n) is 2.51. The third-order valence-corrected chi connectivity index (χ3v) is 4.01. The first-order valence-corrected chi connectivity index (χ1v) is 9.17. The number of amides is 2. The Labute approximate surface area is 177 Å². The Balaban J connectivity index is 1.48. The maximum absolute atomic E-state index is 12.0. The molecule has 0 spiro atoms. The van der Waals surface area contributed by atoms with E-state index in [1.807, 2.05) is 18.2 Å². The molecular formula is C22H18N4O5. The summed E-state index contributed by atoms with van der Waals surface area (Å²) >= 11 is 0. The zero-order valence-electron chi connectivity index (χ0n) is 16.2. The van der Waals surface area contributed by atoms with Crippen molar-refractivity contribution in [3.8, 4) is 5.75 Å². The van der Waals surface area contributed by atoms with Crippen LogP contribution in [0.2, 0.25) is 0 Å². The lowest BCUT2D eigenvalue weighted by atomic mass is 10.2. The summed E-state index contributed by atoms with van der Waals surface area (Å²) in [6.45, 7) is -0.137. The molecule has 0 unspecified atom stereocenters. The minimum Gasteiger partial charge on any atom is -0.484 e. The maximum atomic E-state index is 12.0. The first kappa shape index (κ1) is 21.2. The van der Waals surface area contributed by atoms with E-state index in [-0.39, 0.29) is 23.8 Å². The number of hydrazone groups is 1. The van der Waals surface area contributed by atoms with Crippen LogP contribution in [-0.2, 0) is 4.79 Å². The molecule has 2 N–H and O–H groups in total. The van der Waals surface area contributed by atoms with Crippen LogP contribution in [0, 0.1) is 10.1 Å². The molecule has 0 radical (unpaired) electrons. The van der Waals surface area contributed by atoms with Gasteiger partial charge in [0.2, 0.25) is 0 Å². The summed E-state index contributed by atoms with van der Waals surface area (Å²) in [6, 6.07) is 21.2. The smallest absolute Gasteiger partial charge is 0.271 e. The van der Waals surface area contributed by atoms with E-state index in [9.17, 15) is 19.7 Å². The Bertz CT molecular complexity index is 1100. The molecule has 3 aromatic carbocycles. The lowest BCUT2D eigenvalue weighted by molar-refractivity contribution is -0.384. The van der Waals surface area contributed by atoms with Gasteiger partial charge in [0.05, 0.1) is 11.1 Å². The second-order valence-corrected chi connectivity index (χ2v) is 6.28. The van der Waals surface area contributed by atoms with Crippen LogP contribution in [0.4, 0.5) is 11.4 Å². The summed E-state index contributed by atoms with van der Waals surface area (Å²) in [5.74, 6) is -0.342. The van der Waals surface area contributed by atoms with Crippen LogP contribution in [0.5, 0.6) is 5.75 Å². The number of nitro groups is 1. The third kappa shape index (κ3) is 6.50. The van der Waals surface area contributed by atoms with Gasteiger partial charge in [0.15, 0.2) is 6.61 Å². The number of carbonyl (C=O) groups is 2. The van der Waals surface area contributed by atoms with Gasteiger partial charge in [-0.2, -0.15) is 5.10 Å². The number of benzene rings is 3. The van der Waals surface area contributed by atoms with Gasteiger partial charge in [0.25, 0.3) is 17.5 Å². The Morgan fingerprint density at radius 1 is 1.00 bits per heavy atom. The topological polar surface area (TPSA) is 123 Å². The van der Waals surface area contributed by atoms with E-state index in [0.717, 1.165) is 0 Å². The number of anilines is 1. The van der Waals surface area contributed by atoms with E-state index in [2.05, 4.69) is 15.8 Å². The van der Waals surface area contributed by atoms with Crippen molar-refractivity contribution in [2.75, 3.05) is 11.9 Å². The first-order chi connectivity index (χ1) is 15.0. The molecule has 2 amide bonds. The molecule has 0 aromatic heterocycles. The fourth-order valence-corrected chi connectivity index (χ4v) is 2.51. The van der Waals surface area contributed by atoms with Gasteiger partial charge in [-0.05, 0) is 48.0 Å². The van der Waals surface area contributed by atoms with Crippen molar-refractivity contribution in [3.63, 3.8) is 0 Å². The van der Waals surface area contributed by atoms with Crippen LogP contribution in [0.1, 0.15) is 15.9 Å². The number of hydrogen-bond donors (Lipinski definition) is 2. The van der Waals surface area contributed by atoms with Crippen molar-refractivity contribution < 1.29 is 19.2 Å². The molecule has 0 aliphatic rings. The molecule has 0 bridgehead atoms.